The van der Waals surface area contributed by atoms with E-state index in [1.165, 1.54) is 64.3 Å². The summed E-state index contributed by atoms with van der Waals surface area (Å²) in [6.45, 7) is 4.79. The maximum Gasteiger partial charge on any atom is 0.258 e. The molecule has 5 amide bonds. The first-order chi connectivity index (χ1) is 32.2. The number of fused-ring (bicyclic) bond motifs is 7. The average Bonchev–Trinajstić information content (AvgIpc) is 3.94. The Morgan fingerprint density at radius 3 is 2.38 bits per heavy atom. The van der Waals surface area contributed by atoms with Crippen LogP contribution in [-0.2, 0) is 54.2 Å². The number of imide groups is 1. The van der Waals surface area contributed by atoms with Crippen molar-refractivity contribution >= 4 is 46.8 Å². The van der Waals surface area contributed by atoms with Crippen LogP contribution in [0.3, 0.4) is 0 Å². The highest BCUT2D eigenvalue weighted by atomic mass is 19.1. The fourth-order valence-electron chi connectivity index (χ4n) is 11.5. The Balaban J connectivity index is 0.877. The SMILES string of the molecule is COc1cc(N2C(=O)C=CC2=O)ccc1CCC(=O)N[C@@H](C)C(=O)N[C@@H](C)C(=O)NCOCC(=O)[C@@]12O[C@H](c3cccc(F)c3)O[C@@H]1C[C@H]1[C@@H]3C[C@H](F)C4=CC(=O)C=C[C@]4(C)[C@@]3(F)[C@@H](O)C[C@@]12C. The molecule has 362 valence electrons. The van der Waals surface area contributed by atoms with Crippen LogP contribution in [0.15, 0.2) is 78.4 Å². The summed E-state index contributed by atoms with van der Waals surface area (Å²) in [5.74, 6) is -6.16. The van der Waals surface area contributed by atoms with E-state index < -0.39 is 131 Å². The van der Waals surface area contributed by atoms with Gasteiger partial charge in [0.25, 0.3) is 11.8 Å². The number of methoxy groups -OCH3 is 1. The molecule has 19 heteroatoms. The first kappa shape index (κ1) is 48.4. The van der Waals surface area contributed by atoms with Gasteiger partial charge in [-0.2, -0.15) is 0 Å². The molecule has 4 N–H and O–H groups in total. The van der Waals surface area contributed by atoms with E-state index in [4.69, 9.17) is 18.9 Å². The minimum atomic E-state index is -2.44. The third-order valence-electron chi connectivity index (χ3n) is 15.0. The Kier molecular flexibility index (Phi) is 12.9. The van der Waals surface area contributed by atoms with Gasteiger partial charge in [0.2, 0.25) is 17.7 Å². The Morgan fingerprint density at radius 2 is 1.68 bits per heavy atom. The molecule has 2 heterocycles. The van der Waals surface area contributed by atoms with E-state index in [0.29, 0.717) is 17.0 Å². The fourth-order valence-corrected chi connectivity index (χ4v) is 11.5. The van der Waals surface area contributed by atoms with E-state index in [9.17, 15) is 43.1 Å². The molecule has 2 aromatic carbocycles. The van der Waals surface area contributed by atoms with Gasteiger partial charge in [0, 0.05) is 47.0 Å². The Bertz CT molecular complexity index is 2530. The van der Waals surface area contributed by atoms with E-state index in [0.717, 1.165) is 23.1 Å². The largest absolute Gasteiger partial charge is 0.496 e. The van der Waals surface area contributed by atoms with Gasteiger partial charge < -0.3 is 40.0 Å². The van der Waals surface area contributed by atoms with Crippen molar-refractivity contribution < 1.29 is 70.8 Å². The van der Waals surface area contributed by atoms with Crippen molar-refractivity contribution in [3.63, 3.8) is 0 Å². The lowest BCUT2D eigenvalue weighted by atomic mass is 9.44. The van der Waals surface area contributed by atoms with Crippen molar-refractivity contribution in [2.24, 2.45) is 22.7 Å². The molecule has 68 heavy (non-hydrogen) atoms. The first-order valence-electron chi connectivity index (χ1n) is 22.4. The quantitative estimate of drug-likeness (QED) is 0.114. The predicted molar refractivity (Wildman–Crippen MR) is 234 cm³/mol. The van der Waals surface area contributed by atoms with Crippen LogP contribution in [0.1, 0.15) is 70.8 Å². The van der Waals surface area contributed by atoms with Crippen molar-refractivity contribution in [2.75, 3.05) is 25.3 Å². The number of alkyl halides is 2. The molecule has 0 unspecified atom stereocenters. The van der Waals surface area contributed by atoms with E-state index in [1.54, 1.807) is 25.1 Å². The molecule has 0 spiro atoms. The number of hydrogen-bond donors (Lipinski definition) is 4. The summed E-state index contributed by atoms with van der Waals surface area (Å²) in [4.78, 5) is 91.1. The number of aliphatic hydroxyl groups is 1. The summed E-state index contributed by atoms with van der Waals surface area (Å²) in [5.41, 5.74) is -6.26. The zero-order valence-electron chi connectivity index (χ0n) is 38.0. The second-order valence-electron chi connectivity index (χ2n) is 18.8. The monoisotopic (exact) mass is 946 g/mol. The minimum Gasteiger partial charge on any atom is -0.496 e. The molecule has 4 fully saturated rings. The number of nitrogens with zero attached hydrogens (tertiary/aromatic N) is 1. The second kappa shape index (κ2) is 18.1. The van der Waals surface area contributed by atoms with Crippen LogP contribution in [0.2, 0.25) is 0 Å². The Hall–Kier alpha value is -6.02. The molecule has 2 aromatic rings. The summed E-state index contributed by atoms with van der Waals surface area (Å²) in [6.07, 6.45) is -0.426. The number of allylic oxidation sites excluding steroid dienone is 4. The summed E-state index contributed by atoms with van der Waals surface area (Å²) in [7, 11) is 1.41. The van der Waals surface area contributed by atoms with Crippen LogP contribution in [0.5, 0.6) is 5.75 Å². The maximum atomic E-state index is 17.9. The molecule has 16 nitrogen and oxygen atoms in total. The van der Waals surface area contributed by atoms with Gasteiger partial charge in [-0.05, 0) is 93.9 Å². The number of anilines is 1. The molecule has 3 saturated carbocycles. The van der Waals surface area contributed by atoms with Crippen LogP contribution in [0.25, 0.3) is 0 Å². The van der Waals surface area contributed by atoms with E-state index in [-0.39, 0.29) is 43.2 Å². The third-order valence-corrected chi connectivity index (χ3v) is 15.0. The zero-order chi connectivity index (χ0) is 49.1. The fraction of sp³-hybridized carbons (Fsp3) is 0.490. The van der Waals surface area contributed by atoms with E-state index >= 15 is 8.78 Å². The topological polar surface area (TPSA) is 216 Å². The number of carbonyl (C=O) groups is 7. The molecule has 0 aromatic heterocycles. The normalized spacial score (nSPS) is 33.2. The van der Waals surface area contributed by atoms with Gasteiger partial charge in [-0.1, -0.05) is 31.2 Å². The minimum absolute atomic E-state index is 0.0162. The van der Waals surface area contributed by atoms with Gasteiger partial charge >= 0.3 is 0 Å². The van der Waals surface area contributed by atoms with Gasteiger partial charge in [0.15, 0.2) is 29.1 Å². The molecule has 0 radical (unpaired) electrons. The maximum absolute atomic E-state index is 17.9. The summed E-state index contributed by atoms with van der Waals surface area (Å²) < 4.78 is 72.5. The summed E-state index contributed by atoms with van der Waals surface area (Å²) in [5, 5.41) is 19.5. The molecular formula is C49H53F3N4O12. The predicted octanol–water partition coefficient (Wildman–Crippen LogP) is 3.65. The number of ether oxygens (including phenoxy) is 4. The number of hydrogen-bond acceptors (Lipinski definition) is 12. The molecule has 4 aliphatic carbocycles. The molecule has 12 atom stereocenters. The number of carbonyl (C=O) groups excluding carboxylic acids is 7. The zero-order valence-corrected chi connectivity index (χ0v) is 38.0. The van der Waals surface area contributed by atoms with Crippen LogP contribution in [-0.4, -0.2) is 108 Å². The highest BCUT2D eigenvalue weighted by molar-refractivity contribution is 6.28. The number of halogens is 3. The van der Waals surface area contributed by atoms with E-state index in [2.05, 4.69) is 16.0 Å². The molecule has 6 aliphatic rings. The molecule has 0 bridgehead atoms. The number of Topliss-reactive ketones (excluding diaryl/α,β-unsaturated/α-hetero) is 1. The number of aliphatic hydroxyl groups excluding tert-OH is 1. The number of rotatable bonds is 15. The van der Waals surface area contributed by atoms with E-state index in [1.807, 2.05) is 0 Å². The number of aryl methyl sites for hydroxylation is 1. The standard InChI is InChI=1S/C49H53F3N4O12/c1-25(55-44(64)26(2)54-40(60)12-10-27-9-11-30(18-36(27)65-5)56-41(61)13-14-42(56)62)43(63)53-24-66-23-38(59)49-39(67-45(68-49)28-7-6-8-29(50)17-28)21-32-33-20-35(51)34-19-31(57)15-16-46(34,3)48(33,52)37(58)22-47(32,49)4/h6-9,11,13-19,25-26,32-33,35,37,39,45,58H,10,12,20-24H2,1-5H3,(H,53,63)(H,54,60)(H,55,64)/t25-,26-,32-,33-,35-,37-,39+,45+,46-,47-,48-,49+/m0/s1. The lowest BCUT2D eigenvalue weighted by molar-refractivity contribution is -0.235. The van der Waals surface area contributed by atoms with Crippen LogP contribution < -0.4 is 25.6 Å². The number of nitrogens with one attached hydrogen (secondary N) is 3. The van der Waals surface area contributed by atoms with Crippen molar-refractivity contribution in [2.45, 2.75) is 108 Å². The van der Waals surface area contributed by atoms with Crippen molar-refractivity contribution in [1.82, 2.24) is 16.0 Å². The first-order valence-corrected chi connectivity index (χ1v) is 22.4. The number of benzene rings is 2. The van der Waals surface area contributed by atoms with Crippen molar-refractivity contribution in [1.29, 1.82) is 0 Å². The molecular weight excluding hydrogens is 894 g/mol. The molecule has 1 saturated heterocycles. The van der Waals surface area contributed by atoms with Gasteiger partial charge in [0.1, 0.15) is 43.2 Å². The third kappa shape index (κ3) is 7.95. The van der Waals surface area contributed by atoms with Crippen molar-refractivity contribution in [3.8, 4) is 5.75 Å². The molecule has 8 rings (SSSR count). The highest BCUT2D eigenvalue weighted by Crippen LogP contribution is 2.72. The highest BCUT2D eigenvalue weighted by Gasteiger charge is 2.80. The van der Waals surface area contributed by atoms with Gasteiger partial charge in [-0.3, -0.25) is 33.6 Å². The molecule has 2 aliphatic heterocycles. The van der Waals surface area contributed by atoms with Crippen LogP contribution >= 0.6 is 0 Å². The summed E-state index contributed by atoms with van der Waals surface area (Å²) in [6, 6.07) is 7.94. The van der Waals surface area contributed by atoms with Crippen molar-refractivity contribution in [3.05, 3.63) is 95.4 Å². The van der Waals surface area contributed by atoms with Crippen LogP contribution in [0.4, 0.5) is 18.9 Å². The number of ketones is 2. The van der Waals surface area contributed by atoms with Gasteiger partial charge in [-0.15, -0.1) is 0 Å². The Morgan fingerprint density at radius 1 is 0.956 bits per heavy atom. The second-order valence-corrected chi connectivity index (χ2v) is 18.8. The lowest BCUT2D eigenvalue weighted by Crippen LogP contribution is -2.70. The smallest absolute Gasteiger partial charge is 0.258 e. The number of amides is 5. The lowest BCUT2D eigenvalue weighted by Gasteiger charge is -2.63. The van der Waals surface area contributed by atoms with Crippen LogP contribution in [0, 0.1) is 28.5 Å². The van der Waals surface area contributed by atoms with Gasteiger partial charge in [-0.25, -0.2) is 18.1 Å². The average molecular weight is 947 g/mol. The summed E-state index contributed by atoms with van der Waals surface area (Å²) >= 11 is 0. The van der Waals surface area contributed by atoms with Gasteiger partial charge in [0.05, 0.1) is 25.0 Å². The Labute approximate surface area is 389 Å².